The molecule has 2 aliphatic carbocycles. The predicted octanol–water partition coefficient (Wildman–Crippen LogP) is 3.13. The van der Waals surface area contributed by atoms with Gasteiger partial charge in [-0.2, -0.15) is 0 Å². The highest BCUT2D eigenvalue weighted by Crippen LogP contribution is 2.48. The third-order valence-corrected chi connectivity index (χ3v) is 6.97. The molecule has 32 heavy (non-hydrogen) atoms. The number of aliphatic hydroxyl groups is 2. The molecule has 3 rings (SSSR count). The first kappa shape index (κ1) is 24.5. The number of carboxylic acid groups (broad SMARTS) is 1. The number of unbranched alkanes of at least 4 members (excludes halogenated alkanes) is 1. The van der Waals surface area contributed by atoms with Crippen molar-refractivity contribution in [2.24, 2.45) is 17.8 Å². The molecule has 0 heterocycles. The van der Waals surface area contributed by atoms with Gasteiger partial charge < -0.3 is 24.8 Å². The normalized spacial score (nSPS) is 25.0. The SMILES string of the molecule is CC(CCCCC(=O)O)OC(=O)COc1cccc2c1C[C@H]1C[C@@H](O)[C@H](CCCO)C1C2. The van der Waals surface area contributed by atoms with E-state index in [1.54, 1.807) is 0 Å². The molecule has 0 aliphatic heterocycles. The first-order chi connectivity index (χ1) is 15.4. The molecule has 1 fully saturated rings. The van der Waals surface area contributed by atoms with Gasteiger partial charge in [-0.1, -0.05) is 12.1 Å². The molecule has 2 unspecified atom stereocenters. The summed E-state index contributed by atoms with van der Waals surface area (Å²) in [5.74, 6) is 0.517. The van der Waals surface area contributed by atoms with Crippen LogP contribution in [-0.2, 0) is 27.2 Å². The number of carbonyl (C=O) groups excluding carboxylic acids is 1. The van der Waals surface area contributed by atoms with Gasteiger partial charge in [-0.3, -0.25) is 4.79 Å². The van der Waals surface area contributed by atoms with Crippen molar-refractivity contribution in [1.29, 1.82) is 0 Å². The molecular formula is C25H36O7. The van der Waals surface area contributed by atoms with E-state index in [9.17, 15) is 19.8 Å². The fourth-order valence-corrected chi connectivity index (χ4v) is 5.43. The fourth-order valence-electron chi connectivity index (χ4n) is 5.43. The van der Waals surface area contributed by atoms with Gasteiger partial charge in [0.1, 0.15) is 5.75 Å². The summed E-state index contributed by atoms with van der Waals surface area (Å²) in [4.78, 5) is 22.8. The van der Waals surface area contributed by atoms with Crippen LogP contribution in [0, 0.1) is 17.8 Å². The Bertz CT molecular complexity index is 778. The summed E-state index contributed by atoms with van der Waals surface area (Å²) in [6.45, 7) is 1.81. The van der Waals surface area contributed by atoms with Gasteiger partial charge in [0.15, 0.2) is 6.61 Å². The summed E-state index contributed by atoms with van der Waals surface area (Å²) >= 11 is 0. The van der Waals surface area contributed by atoms with Gasteiger partial charge in [-0.15, -0.1) is 0 Å². The molecule has 0 saturated heterocycles. The predicted molar refractivity (Wildman–Crippen MR) is 118 cm³/mol. The smallest absolute Gasteiger partial charge is 0.344 e. The number of hydrogen-bond acceptors (Lipinski definition) is 6. The standard InChI is InChI=1S/C25H36O7/c1-16(6-2-3-10-24(28)29)32-25(30)15-31-23-9-4-7-17-12-20-18(13-21(17)23)14-22(27)19(20)8-5-11-26/h4,7,9,16,18-20,22,26-27H,2-3,5-6,8,10-15H2,1H3,(H,28,29)/t16?,18-,19+,20?,22+/m0/s1. The van der Waals surface area contributed by atoms with E-state index in [2.05, 4.69) is 6.07 Å². The Morgan fingerprint density at radius 1 is 1.19 bits per heavy atom. The molecule has 7 nitrogen and oxygen atoms in total. The Morgan fingerprint density at radius 3 is 2.75 bits per heavy atom. The van der Waals surface area contributed by atoms with Crippen molar-refractivity contribution in [2.45, 2.75) is 76.9 Å². The maximum Gasteiger partial charge on any atom is 0.344 e. The van der Waals surface area contributed by atoms with Gasteiger partial charge >= 0.3 is 11.9 Å². The van der Waals surface area contributed by atoms with E-state index >= 15 is 0 Å². The van der Waals surface area contributed by atoms with Gasteiger partial charge in [-0.05, 0) is 93.2 Å². The third kappa shape index (κ3) is 6.45. The zero-order chi connectivity index (χ0) is 23.1. The molecule has 178 valence electrons. The van der Waals surface area contributed by atoms with E-state index in [1.807, 2.05) is 19.1 Å². The Balaban J connectivity index is 1.52. The van der Waals surface area contributed by atoms with Crippen LogP contribution in [0.3, 0.4) is 0 Å². The van der Waals surface area contributed by atoms with Crippen molar-refractivity contribution in [1.82, 2.24) is 0 Å². The van der Waals surface area contributed by atoms with Crippen LogP contribution in [-0.4, -0.2) is 52.7 Å². The first-order valence-electron chi connectivity index (χ1n) is 11.8. The molecule has 7 heteroatoms. The average Bonchev–Trinajstić information content (AvgIpc) is 3.06. The second-order valence-electron chi connectivity index (χ2n) is 9.29. The monoisotopic (exact) mass is 448 g/mol. The van der Waals surface area contributed by atoms with E-state index in [0.717, 1.165) is 37.7 Å². The van der Waals surface area contributed by atoms with Crippen molar-refractivity contribution in [2.75, 3.05) is 13.2 Å². The molecular weight excluding hydrogens is 412 g/mol. The van der Waals surface area contributed by atoms with Crippen molar-refractivity contribution >= 4 is 11.9 Å². The summed E-state index contributed by atoms with van der Waals surface area (Å²) < 4.78 is 11.2. The van der Waals surface area contributed by atoms with Crippen LogP contribution in [0.25, 0.3) is 0 Å². The number of hydrogen-bond donors (Lipinski definition) is 3. The molecule has 5 atom stereocenters. The lowest BCUT2D eigenvalue weighted by Crippen LogP contribution is -2.27. The van der Waals surface area contributed by atoms with E-state index in [4.69, 9.17) is 14.6 Å². The second kappa shape index (κ2) is 11.7. The van der Waals surface area contributed by atoms with Gasteiger partial charge in [0.25, 0.3) is 0 Å². The largest absolute Gasteiger partial charge is 0.482 e. The third-order valence-electron chi connectivity index (χ3n) is 6.97. The van der Waals surface area contributed by atoms with Crippen LogP contribution in [0.5, 0.6) is 5.75 Å². The Labute approximate surface area is 189 Å². The lowest BCUT2D eigenvalue weighted by molar-refractivity contribution is -0.151. The van der Waals surface area contributed by atoms with Gasteiger partial charge in [0, 0.05) is 13.0 Å². The molecule has 3 N–H and O–H groups in total. The van der Waals surface area contributed by atoms with Crippen LogP contribution in [0.15, 0.2) is 18.2 Å². The van der Waals surface area contributed by atoms with E-state index < -0.39 is 11.9 Å². The molecule has 0 spiro atoms. The summed E-state index contributed by atoms with van der Waals surface area (Å²) in [5, 5.41) is 28.4. The second-order valence-corrected chi connectivity index (χ2v) is 9.29. The number of ether oxygens (including phenoxy) is 2. The minimum absolute atomic E-state index is 0.129. The summed E-state index contributed by atoms with van der Waals surface area (Å²) in [7, 11) is 0. The highest BCUT2D eigenvalue weighted by atomic mass is 16.6. The van der Waals surface area contributed by atoms with Crippen LogP contribution >= 0.6 is 0 Å². The summed E-state index contributed by atoms with van der Waals surface area (Å²) in [6, 6.07) is 5.93. The molecule has 0 aromatic heterocycles. The van der Waals surface area contributed by atoms with E-state index in [1.165, 1.54) is 5.56 Å². The van der Waals surface area contributed by atoms with Gasteiger partial charge in [-0.25, -0.2) is 4.79 Å². The lowest BCUT2D eigenvalue weighted by Gasteiger charge is -2.32. The van der Waals surface area contributed by atoms with Crippen molar-refractivity contribution in [3.63, 3.8) is 0 Å². The minimum atomic E-state index is -0.812. The van der Waals surface area contributed by atoms with Gasteiger partial charge in [0.05, 0.1) is 12.2 Å². The molecule has 1 aromatic carbocycles. The number of aliphatic carboxylic acids is 1. The Hall–Kier alpha value is -2.12. The number of benzene rings is 1. The van der Waals surface area contributed by atoms with Crippen molar-refractivity contribution in [3.05, 3.63) is 29.3 Å². The summed E-state index contributed by atoms with van der Waals surface area (Å²) in [5.41, 5.74) is 2.34. The number of carbonyl (C=O) groups is 2. The quantitative estimate of drug-likeness (QED) is 0.333. The number of aliphatic hydroxyl groups excluding tert-OH is 2. The number of rotatable bonds is 12. The molecule has 2 aliphatic rings. The average molecular weight is 449 g/mol. The Morgan fingerprint density at radius 2 is 2.00 bits per heavy atom. The van der Waals surface area contributed by atoms with Gasteiger partial charge in [0.2, 0.25) is 0 Å². The molecule has 0 bridgehead atoms. The minimum Gasteiger partial charge on any atom is -0.482 e. The molecule has 1 aromatic rings. The van der Waals surface area contributed by atoms with E-state index in [-0.39, 0.29) is 37.8 Å². The zero-order valence-corrected chi connectivity index (χ0v) is 18.9. The Kier molecular flexibility index (Phi) is 8.93. The topological polar surface area (TPSA) is 113 Å². The van der Waals surface area contributed by atoms with Crippen LogP contribution in [0.1, 0.15) is 63.0 Å². The summed E-state index contributed by atoms with van der Waals surface area (Å²) in [6.07, 6.45) is 5.50. The van der Waals surface area contributed by atoms with Crippen LogP contribution in [0.2, 0.25) is 0 Å². The first-order valence-corrected chi connectivity index (χ1v) is 11.8. The zero-order valence-electron chi connectivity index (χ0n) is 18.9. The van der Waals surface area contributed by atoms with E-state index in [0.29, 0.717) is 36.8 Å². The highest BCUT2D eigenvalue weighted by molar-refractivity contribution is 5.71. The molecule has 0 amide bonds. The maximum absolute atomic E-state index is 12.2. The number of carboxylic acids is 1. The maximum atomic E-state index is 12.2. The lowest BCUT2D eigenvalue weighted by atomic mass is 9.73. The fraction of sp³-hybridized carbons (Fsp3) is 0.680. The molecule has 1 saturated carbocycles. The van der Waals surface area contributed by atoms with Crippen LogP contribution < -0.4 is 4.74 Å². The number of esters is 1. The highest BCUT2D eigenvalue weighted by Gasteiger charge is 2.44. The molecule has 0 radical (unpaired) electrons. The van der Waals surface area contributed by atoms with Crippen molar-refractivity contribution in [3.8, 4) is 5.75 Å². The number of fused-ring (bicyclic) bond motifs is 2. The van der Waals surface area contributed by atoms with Crippen LogP contribution in [0.4, 0.5) is 0 Å². The van der Waals surface area contributed by atoms with Crippen molar-refractivity contribution < 1.29 is 34.4 Å².